The molecule has 0 atom stereocenters. The summed E-state index contributed by atoms with van der Waals surface area (Å²) in [6.45, 7) is 6.07. The second-order valence-electron chi connectivity index (χ2n) is 3.23. The Balaban J connectivity index is 2.63. The predicted molar refractivity (Wildman–Crippen MR) is 60.9 cm³/mol. The maximum atomic E-state index is 8.92. The van der Waals surface area contributed by atoms with Gasteiger partial charge in [0.2, 0.25) is 0 Å². The van der Waals surface area contributed by atoms with Crippen LogP contribution in [0.3, 0.4) is 0 Å². The minimum absolute atomic E-state index is 0.662. The summed E-state index contributed by atoms with van der Waals surface area (Å²) in [5.41, 5.74) is 2.69. The summed E-state index contributed by atoms with van der Waals surface area (Å²) in [5.74, 6) is 0. The molecule has 0 bridgehead atoms. The summed E-state index contributed by atoms with van der Waals surface area (Å²) < 4.78 is 5.22. The summed E-state index contributed by atoms with van der Waals surface area (Å²) in [6, 6.07) is 7.87. The van der Waals surface area contributed by atoms with Crippen LogP contribution < -0.4 is 5.32 Å². The fourth-order valence-corrected chi connectivity index (χ4v) is 1.39. The number of hydrogen-bond donors (Lipinski definition) is 1. The van der Waals surface area contributed by atoms with Gasteiger partial charge in [-0.25, -0.2) is 0 Å². The van der Waals surface area contributed by atoms with Crippen LogP contribution in [0.1, 0.15) is 18.1 Å². The van der Waals surface area contributed by atoms with Gasteiger partial charge in [0.1, 0.15) is 6.07 Å². The molecule has 3 heteroatoms. The number of nitriles is 1. The van der Waals surface area contributed by atoms with Crippen molar-refractivity contribution in [3.8, 4) is 6.07 Å². The van der Waals surface area contributed by atoms with Crippen LogP contribution in [0.15, 0.2) is 18.2 Å². The van der Waals surface area contributed by atoms with Crippen molar-refractivity contribution in [3.63, 3.8) is 0 Å². The smallest absolute Gasteiger partial charge is 0.101 e. The standard InChI is InChI=1S/C12H16N2O/c1-3-15-8-7-14-12-10(2)5-4-6-11(12)9-13/h4-6,14H,3,7-8H2,1-2H3. The van der Waals surface area contributed by atoms with E-state index < -0.39 is 0 Å². The first-order chi connectivity index (χ1) is 7.29. The molecule has 0 heterocycles. The van der Waals surface area contributed by atoms with E-state index in [2.05, 4.69) is 11.4 Å². The van der Waals surface area contributed by atoms with E-state index in [0.717, 1.165) is 24.4 Å². The highest BCUT2D eigenvalue weighted by atomic mass is 16.5. The van der Waals surface area contributed by atoms with Gasteiger partial charge in [0.15, 0.2) is 0 Å². The van der Waals surface area contributed by atoms with Gasteiger partial charge >= 0.3 is 0 Å². The number of nitrogens with zero attached hydrogens (tertiary/aromatic N) is 1. The molecule has 1 aromatic carbocycles. The van der Waals surface area contributed by atoms with Crippen molar-refractivity contribution in [2.75, 3.05) is 25.1 Å². The summed E-state index contributed by atoms with van der Waals surface area (Å²) in [7, 11) is 0. The van der Waals surface area contributed by atoms with Gasteiger partial charge in [0.05, 0.1) is 17.9 Å². The van der Waals surface area contributed by atoms with Crippen LogP contribution >= 0.6 is 0 Å². The lowest BCUT2D eigenvalue weighted by Crippen LogP contribution is -2.11. The minimum Gasteiger partial charge on any atom is -0.381 e. The Hall–Kier alpha value is -1.53. The Morgan fingerprint density at radius 2 is 2.27 bits per heavy atom. The maximum absolute atomic E-state index is 8.92. The van der Waals surface area contributed by atoms with Crippen LogP contribution in [0.25, 0.3) is 0 Å². The minimum atomic E-state index is 0.662. The van der Waals surface area contributed by atoms with E-state index in [9.17, 15) is 0 Å². The van der Waals surface area contributed by atoms with Gasteiger partial charge in [0.25, 0.3) is 0 Å². The number of para-hydroxylation sites is 1. The van der Waals surface area contributed by atoms with Crippen molar-refractivity contribution in [3.05, 3.63) is 29.3 Å². The van der Waals surface area contributed by atoms with Crippen LogP contribution in [0.2, 0.25) is 0 Å². The average molecular weight is 204 g/mol. The molecule has 0 aliphatic rings. The molecule has 80 valence electrons. The van der Waals surface area contributed by atoms with Gasteiger partial charge in [-0.1, -0.05) is 12.1 Å². The largest absolute Gasteiger partial charge is 0.381 e. The quantitative estimate of drug-likeness (QED) is 0.748. The number of aryl methyl sites for hydroxylation is 1. The lowest BCUT2D eigenvalue weighted by Gasteiger charge is -2.10. The second-order valence-corrected chi connectivity index (χ2v) is 3.23. The number of ether oxygens (including phenoxy) is 1. The lowest BCUT2D eigenvalue weighted by atomic mass is 10.1. The third kappa shape index (κ3) is 3.26. The molecule has 0 aliphatic carbocycles. The van der Waals surface area contributed by atoms with E-state index >= 15 is 0 Å². The van der Waals surface area contributed by atoms with Crippen molar-refractivity contribution >= 4 is 5.69 Å². The molecule has 0 unspecified atom stereocenters. The lowest BCUT2D eigenvalue weighted by molar-refractivity contribution is 0.158. The highest BCUT2D eigenvalue weighted by Gasteiger charge is 2.03. The Morgan fingerprint density at radius 3 is 2.93 bits per heavy atom. The summed E-state index contributed by atoms with van der Waals surface area (Å²) in [6.07, 6.45) is 0. The molecule has 1 N–H and O–H groups in total. The summed E-state index contributed by atoms with van der Waals surface area (Å²) in [5, 5.41) is 12.1. The van der Waals surface area contributed by atoms with Gasteiger partial charge in [-0.2, -0.15) is 5.26 Å². The Morgan fingerprint density at radius 1 is 1.47 bits per heavy atom. The fraction of sp³-hybridized carbons (Fsp3) is 0.417. The topological polar surface area (TPSA) is 45.0 Å². The molecule has 0 spiro atoms. The van der Waals surface area contributed by atoms with E-state index in [4.69, 9.17) is 10.00 Å². The van der Waals surface area contributed by atoms with E-state index in [1.807, 2.05) is 32.0 Å². The second kappa shape index (κ2) is 6.05. The SMILES string of the molecule is CCOCCNc1c(C)cccc1C#N. The molecule has 0 amide bonds. The van der Waals surface area contributed by atoms with E-state index in [1.54, 1.807) is 0 Å². The van der Waals surface area contributed by atoms with Crippen molar-refractivity contribution in [2.45, 2.75) is 13.8 Å². The maximum Gasteiger partial charge on any atom is 0.101 e. The summed E-state index contributed by atoms with van der Waals surface area (Å²) >= 11 is 0. The molecule has 0 saturated heterocycles. The zero-order chi connectivity index (χ0) is 11.1. The predicted octanol–water partition coefficient (Wildman–Crippen LogP) is 2.32. The third-order valence-corrected chi connectivity index (χ3v) is 2.15. The van der Waals surface area contributed by atoms with Gasteiger partial charge in [0, 0.05) is 13.2 Å². The monoisotopic (exact) mass is 204 g/mol. The van der Waals surface area contributed by atoms with Crippen molar-refractivity contribution < 1.29 is 4.74 Å². The zero-order valence-corrected chi connectivity index (χ0v) is 9.21. The van der Waals surface area contributed by atoms with Crippen LogP contribution in [0, 0.1) is 18.3 Å². The van der Waals surface area contributed by atoms with Crippen LogP contribution in [-0.4, -0.2) is 19.8 Å². The van der Waals surface area contributed by atoms with Crippen LogP contribution in [0.5, 0.6) is 0 Å². The number of benzene rings is 1. The van der Waals surface area contributed by atoms with Crippen molar-refractivity contribution in [1.82, 2.24) is 0 Å². The molecule has 15 heavy (non-hydrogen) atoms. The molecule has 0 saturated carbocycles. The number of rotatable bonds is 5. The average Bonchev–Trinajstić information content (AvgIpc) is 2.26. The molecule has 3 nitrogen and oxygen atoms in total. The van der Waals surface area contributed by atoms with E-state index in [-0.39, 0.29) is 0 Å². The molecule has 0 aromatic heterocycles. The van der Waals surface area contributed by atoms with Gasteiger partial charge in [-0.15, -0.1) is 0 Å². The van der Waals surface area contributed by atoms with Crippen LogP contribution in [0.4, 0.5) is 5.69 Å². The summed E-state index contributed by atoms with van der Waals surface area (Å²) in [4.78, 5) is 0. The zero-order valence-electron chi connectivity index (χ0n) is 9.21. The van der Waals surface area contributed by atoms with Gasteiger partial charge < -0.3 is 10.1 Å². The van der Waals surface area contributed by atoms with Gasteiger partial charge in [-0.3, -0.25) is 0 Å². The van der Waals surface area contributed by atoms with Crippen LogP contribution in [-0.2, 0) is 4.74 Å². The molecule has 0 aliphatic heterocycles. The molecule has 0 fully saturated rings. The number of anilines is 1. The molecule has 0 radical (unpaired) electrons. The van der Waals surface area contributed by atoms with E-state index in [0.29, 0.717) is 12.2 Å². The van der Waals surface area contributed by atoms with Crippen molar-refractivity contribution in [1.29, 1.82) is 5.26 Å². The van der Waals surface area contributed by atoms with Crippen molar-refractivity contribution in [2.24, 2.45) is 0 Å². The molecular formula is C12H16N2O. The first-order valence-electron chi connectivity index (χ1n) is 5.11. The Kier molecular flexibility index (Phi) is 4.65. The Bertz CT molecular complexity index is 355. The fourth-order valence-electron chi connectivity index (χ4n) is 1.39. The first kappa shape index (κ1) is 11.5. The molecule has 1 rings (SSSR count). The number of nitrogens with one attached hydrogen (secondary N) is 1. The molecule has 1 aromatic rings. The molecular weight excluding hydrogens is 188 g/mol. The number of hydrogen-bond acceptors (Lipinski definition) is 3. The highest BCUT2D eigenvalue weighted by molar-refractivity contribution is 5.62. The van der Waals surface area contributed by atoms with Gasteiger partial charge in [-0.05, 0) is 25.5 Å². The van der Waals surface area contributed by atoms with E-state index in [1.165, 1.54) is 0 Å². The third-order valence-electron chi connectivity index (χ3n) is 2.15. The normalized spacial score (nSPS) is 9.67. The highest BCUT2D eigenvalue weighted by Crippen LogP contribution is 2.18. The Labute approximate surface area is 90.7 Å². The first-order valence-corrected chi connectivity index (χ1v) is 5.11.